The molecule has 1 rings (SSSR count). The van der Waals surface area contributed by atoms with E-state index >= 15 is 0 Å². The summed E-state index contributed by atoms with van der Waals surface area (Å²) >= 11 is 0. The Balaban J connectivity index is 2.35. The third-order valence-corrected chi connectivity index (χ3v) is 1.75. The molecule has 0 bridgehead atoms. The molecule has 1 saturated carbocycles. The van der Waals surface area contributed by atoms with Crippen LogP contribution in [0.2, 0.25) is 0 Å². The Kier molecular flexibility index (Phi) is 2.05. The SMILES string of the molecule is O[C@@H]1CC[C@H](O)[C@H](O)C1. The molecule has 0 saturated heterocycles. The van der Waals surface area contributed by atoms with E-state index in [1.165, 1.54) is 0 Å². The zero-order valence-electron chi connectivity index (χ0n) is 5.20. The van der Waals surface area contributed by atoms with Crippen molar-refractivity contribution in [2.75, 3.05) is 0 Å². The van der Waals surface area contributed by atoms with E-state index < -0.39 is 18.3 Å². The van der Waals surface area contributed by atoms with E-state index in [4.69, 9.17) is 15.3 Å². The van der Waals surface area contributed by atoms with Crippen molar-refractivity contribution in [1.82, 2.24) is 0 Å². The smallest absolute Gasteiger partial charge is 0.0823 e. The number of rotatable bonds is 0. The number of aliphatic hydroxyl groups excluding tert-OH is 3. The Morgan fingerprint density at radius 1 is 0.889 bits per heavy atom. The van der Waals surface area contributed by atoms with Gasteiger partial charge in [-0.1, -0.05) is 0 Å². The summed E-state index contributed by atoms with van der Waals surface area (Å²) in [7, 11) is 0. The molecule has 3 nitrogen and oxygen atoms in total. The van der Waals surface area contributed by atoms with E-state index in [1.54, 1.807) is 0 Å². The third-order valence-electron chi connectivity index (χ3n) is 1.75. The van der Waals surface area contributed by atoms with Gasteiger partial charge in [0.1, 0.15) is 0 Å². The Bertz CT molecular complexity index is 94.3. The van der Waals surface area contributed by atoms with Crippen LogP contribution in [0.15, 0.2) is 0 Å². The normalized spacial score (nSPS) is 45.0. The molecular formula is C6H12O3. The van der Waals surface area contributed by atoms with Crippen molar-refractivity contribution < 1.29 is 15.3 Å². The second-order valence-corrected chi connectivity index (χ2v) is 2.60. The van der Waals surface area contributed by atoms with E-state index in [1.807, 2.05) is 0 Å². The molecule has 0 aromatic carbocycles. The zero-order chi connectivity index (χ0) is 6.85. The molecular weight excluding hydrogens is 120 g/mol. The molecule has 9 heavy (non-hydrogen) atoms. The van der Waals surface area contributed by atoms with Gasteiger partial charge in [-0.15, -0.1) is 0 Å². The summed E-state index contributed by atoms with van der Waals surface area (Å²) in [5.74, 6) is 0. The topological polar surface area (TPSA) is 60.7 Å². The molecule has 0 spiro atoms. The number of aliphatic hydroxyl groups is 3. The highest BCUT2D eigenvalue weighted by Crippen LogP contribution is 2.18. The summed E-state index contributed by atoms with van der Waals surface area (Å²) in [6.07, 6.45) is -0.299. The highest BCUT2D eigenvalue weighted by Gasteiger charge is 2.25. The monoisotopic (exact) mass is 132 g/mol. The van der Waals surface area contributed by atoms with Crippen LogP contribution >= 0.6 is 0 Å². The molecule has 0 aliphatic heterocycles. The lowest BCUT2D eigenvalue weighted by atomic mass is 9.93. The van der Waals surface area contributed by atoms with Crippen LogP contribution in [0.3, 0.4) is 0 Å². The summed E-state index contributed by atoms with van der Waals surface area (Å²) in [5.41, 5.74) is 0. The van der Waals surface area contributed by atoms with Gasteiger partial charge in [0, 0.05) is 6.42 Å². The molecule has 0 unspecified atom stereocenters. The van der Waals surface area contributed by atoms with Gasteiger partial charge in [0.05, 0.1) is 18.3 Å². The van der Waals surface area contributed by atoms with Crippen molar-refractivity contribution in [3.8, 4) is 0 Å². The van der Waals surface area contributed by atoms with Gasteiger partial charge in [-0.3, -0.25) is 0 Å². The minimum absolute atomic E-state index is 0.321. The lowest BCUT2D eigenvalue weighted by molar-refractivity contribution is -0.0494. The second-order valence-electron chi connectivity index (χ2n) is 2.60. The first kappa shape index (κ1) is 6.99. The van der Waals surface area contributed by atoms with Gasteiger partial charge in [-0.05, 0) is 12.8 Å². The quantitative estimate of drug-likeness (QED) is 0.406. The largest absolute Gasteiger partial charge is 0.393 e. The minimum Gasteiger partial charge on any atom is -0.393 e. The van der Waals surface area contributed by atoms with E-state index in [0.717, 1.165) is 0 Å². The first-order chi connectivity index (χ1) is 4.20. The van der Waals surface area contributed by atoms with E-state index in [0.29, 0.717) is 19.3 Å². The lowest BCUT2D eigenvalue weighted by Gasteiger charge is -2.26. The van der Waals surface area contributed by atoms with Crippen molar-refractivity contribution in [3.63, 3.8) is 0 Å². The first-order valence-corrected chi connectivity index (χ1v) is 3.24. The Labute approximate surface area is 53.9 Å². The predicted octanol–water partition coefficient (Wildman–Crippen LogP) is -0.747. The predicted molar refractivity (Wildman–Crippen MR) is 31.9 cm³/mol. The average molecular weight is 132 g/mol. The maximum atomic E-state index is 8.94. The van der Waals surface area contributed by atoms with Gasteiger partial charge in [0.25, 0.3) is 0 Å². The van der Waals surface area contributed by atoms with Crippen LogP contribution in [0, 0.1) is 0 Å². The molecule has 0 aromatic heterocycles. The van der Waals surface area contributed by atoms with Crippen LogP contribution in [0.5, 0.6) is 0 Å². The summed E-state index contributed by atoms with van der Waals surface area (Å²) < 4.78 is 0. The first-order valence-electron chi connectivity index (χ1n) is 3.24. The highest BCUT2D eigenvalue weighted by molar-refractivity contribution is 4.77. The zero-order valence-corrected chi connectivity index (χ0v) is 5.20. The summed E-state index contributed by atoms with van der Waals surface area (Å²) in [5, 5.41) is 26.8. The molecule has 3 heteroatoms. The molecule has 1 aliphatic carbocycles. The van der Waals surface area contributed by atoms with Crippen LogP contribution in [-0.2, 0) is 0 Å². The summed E-state index contributed by atoms with van der Waals surface area (Å²) in [4.78, 5) is 0. The minimum atomic E-state index is -0.714. The molecule has 0 aromatic rings. The molecule has 1 aliphatic rings. The fourth-order valence-electron chi connectivity index (χ4n) is 1.11. The van der Waals surface area contributed by atoms with Gasteiger partial charge >= 0.3 is 0 Å². The van der Waals surface area contributed by atoms with Crippen LogP contribution in [-0.4, -0.2) is 33.6 Å². The van der Waals surface area contributed by atoms with Gasteiger partial charge in [0.2, 0.25) is 0 Å². The van der Waals surface area contributed by atoms with Crippen molar-refractivity contribution in [3.05, 3.63) is 0 Å². The van der Waals surface area contributed by atoms with Crippen LogP contribution in [0.1, 0.15) is 19.3 Å². The maximum Gasteiger partial charge on any atom is 0.0823 e. The highest BCUT2D eigenvalue weighted by atomic mass is 16.3. The molecule has 0 amide bonds. The van der Waals surface area contributed by atoms with Crippen LogP contribution in [0.4, 0.5) is 0 Å². The second kappa shape index (κ2) is 2.64. The molecule has 0 heterocycles. The van der Waals surface area contributed by atoms with E-state index in [9.17, 15) is 0 Å². The third kappa shape index (κ3) is 1.64. The summed E-state index contributed by atoms with van der Waals surface area (Å²) in [6.45, 7) is 0. The van der Waals surface area contributed by atoms with Crippen LogP contribution in [0.25, 0.3) is 0 Å². The molecule has 3 atom stereocenters. The molecule has 3 N–H and O–H groups in total. The van der Waals surface area contributed by atoms with E-state index in [-0.39, 0.29) is 0 Å². The van der Waals surface area contributed by atoms with Gasteiger partial charge in [0.15, 0.2) is 0 Å². The van der Waals surface area contributed by atoms with Crippen molar-refractivity contribution in [2.45, 2.75) is 37.6 Å². The summed E-state index contributed by atoms with van der Waals surface area (Å²) in [6, 6.07) is 0. The molecule has 1 fully saturated rings. The van der Waals surface area contributed by atoms with Crippen molar-refractivity contribution in [1.29, 1.82) is 0 Å². The van der Waals surface area contributed by atoms with Crippen LogP contribution < -0.4 is 0 Å². The number of hydrogen-bond donors (Lipinski definition) is 3. The van der Waals surface area contributed by atoms with Crippen molar-refractivity contribution in [2.24, 2.45) is 0 Å². The molecule has 0 radical (unpaired) electrons. The Hall–Kier alpha value is -0.120. The average Bonchev–Trinajstić information content (AvgIpc) is 1.80. The fourth-order valence-corrected chi connectivity index (χ4v) is 1.11. The number of hydrogen-bond acceptors (Lipinski definition) is 3. The standard InChI is InChI=1S/C6H12O3/c7-4-1-2-5(8)6(9)3-4/h4-9H,1-3H2/t4-,5+,6-/m1/s1. The fraction of sp³-hybridized carbons (Fsp3) is 1.00. The Morgan fingerprint density at radius 3 is 2.00 bits per heavy atom. The van der Waals surface area contributed by atoms with Gasteiger partial charge in [-0.2, -0.15) is 0 Å². The van der Waals surface area contributed by atoms with Gasteiger partial charge in [-0.25, -0.2) is 0 Å². The molecule has 54 valence electrons. The Morgan fingerprint density at radius 2 is 1.56 bits per heavy atom. The van der Waals surface area contributed by atoms with E-state index in [2.05, 4.69) is 0 Å². The van der Waals surface area contributed by atoms with Gasteiger partial charge < -0.3 is 15.3 Å². The maximum absolute atomic E-state index is 8.94. The lowest BCUT2D eigenvalue weighted by Crippen LogP contribution is -2.35. The van der Waals surface area contributed by atoms with Crippen molar-refractivity contribution >= 4 is 0 Å².